The summed E-state index contributed by atoms with van der Waals surface area (Å²) < 4.78 is 0. The Bertz CT molecular complexity index is 974. The quantitative estimate of drug-likeness (QED) is 0.720. The van der Waals surface area contributed by atoms with Gasteiger partial charge in [-0.3, -0.25) is 4.79 Å². The zero-order valence-electron chi connectivity index (χ0n) is 13.9. The highest BCUT2D eigenvalue weighted by molar-refractivity contribution is 6.03. The molecule has 1 aromatic heterocycles. The van der Waals surface area contributed by atoms with Gasteiger partial charge in [-0.25, -0.2) is 0 Å². The first kappa shape index (κ1) is 15.6. The number of rotatable bonds is 4. The van der Waals surface area contributed by atoms with Crippen molar-refractivity contribution in [3.63, 3.8) is 0 Å². The first-order valence-corrected chi connectivity index (χ1v) is 8.52. The Morgan fingerprint density at radius 1 is 1.20 bits per heavy atom. The molecule has 0 saturated carbocycles. The van der Waals surface area contributed by atoms with E-state index in [0.29, 0.717) is 18.5 Å². The Hall–Kier alpha value is -2.90. The van der Waals surface area contributed by atoms with Gasteiger partial charge in [0, 0.05) is 29.2 Å². The van der Waals surface area contributed by atoms with Crippen molar-refractivity contribution in [1.82, 2.24) is 10.3 Å². The van der Waals surface area contributed by atoms with Crippen molar-refractivity contribution in [3.05, 3.63) is 71.4 Å². The molecular weight excluding hydrogens is 310 g/mol. The molecule has 4 rings (SSSR count). The second kappa shape index (κ2) is 6.19. The van der Waals surface area contributed by atoms with E-state index < -0.39 is 5.41 Å². The summed E-state index contributed by atoms with van der Waals surface area (Å²) >= 11 is 0. The molecular formula is C21H19N3O. The van der Waals surface area contributed by atoms with Crippen LogP contribution in [-0.4, -0.2) is 23.9 Å². The van der Waals surface area contributed by atoms with E-state index in [9.17, 15) is 4.79 Å². The predicted octanol–water partition coefficient (Wildman–Crippen LogP) is 3.44. The smallest absolute Gasteiger partial charge is 0.170 e. The van der Waals surface area contributed by atoms with Gasteiger partial charge in [-0.05, 0) is 61.3 Å². The third-order valence-corrected chi connectivity index (χ3v) is 5.14. The lowest BCUT2D eigenvalue weighted by Crippen LogP contribution is -2.36. The Labute approximate surface area is 146 Å². The van der Waals surface area contributed by atoms with Crippen molar-refractivity contribution in [2.45, 2.75) is 12.8 Å². The maximum absolute atomic E-state index is 13.4. The second-order valence-electron chi connectivity index (χ2n) is 6.80. The molecule has 1 atom stereocenters. The molecule has 1 saturated heterocycles. The van der Waals surface area contributed by atoms with Gasteiger partial charge in [-0.2, -0.15) is 5.26 Å². The second-order valence-corrected chi connectivity index (χ2v) is 6.80. The third kappa shape index (κ3) is 2.84. The van der Waals surface area contributed by atoms with E-state index in [1.807, 2.05) is 48.7 Å². The summed E-state index contributed by atoms with van der Waals surface area (Å²) in [6, 6.07) is 17.6. The summed E-state index contributed by atoms with van der Waals surface area (Å²) in [4.78, 5) is 16.5. The summed E-state index contributed by atoms with van der Waals surface area (Å²) in [5, 5.41) is 13.5. The molecule has 4 heteroatoms. The van der Waals surface area contributed by atoms with E-state index in [-0.39, 0.29) is 5.78 Å². The van der Waals surface area contributed by atoms with Crippen LogP contribution in [0.2, 0.25) is 0 Å². The lowest BCUT2D eigenvalue weighted by atomic mass is 9.74. The molecule has 0 aliphatic carbocycles. The number of hydrogen-bond acceptors (Lipinski definition) is 3. The summed E-state index contributed by atoms with van der Waals surface area (Å²) in [5.74, 6) is 0.183. The Morgan fingerprint density at radius 2 is 2.12 bits per heavy atom. The molecule has 2 N–H and O–H groups in total. The van der Waals surface area contributed by atoms with Crippen LogP contribution in [0.1, 0.15) is 27.9 Å². The van der Waals surface area contributed by atoms with Crippen LogP contribution in [0, 0.1) is 16.7 Å². The molecule has 2 heterocycles. The molecule has 0 bridgehead atoms. The molecule has 3 aromatic rings. The number of H-pyrrole nitrogens is 1. The van der Waals surface area contributed by atoms with E-state index in [0.717, 1.165) is 35.0 Å². The summed E-state index contributed by atoms with van der Waals surface area (Å²) in [7, 11) is 0. The van der Waals surface area contributed by atoms with E-state index in [1.165, 1.54) is 0 Å². The number of aromatic nitrogens is 1. The monoisotopic (exact) mass is 329 g/mol. The first-order chi connectivity index (χ1) is 12.2. The van der Waals surface area contributed by atoms with Crippen molar-refractivity contribution >= 4 is 16.7 Å². The molecule has 4 nitrogen and oxygen atoms in total. The number of nitrogens with zero attached hydrogens (tertiary/aromatic N) is 1. The van der Waals surface area contributed by atoms with Gasteiger partial charge < -0.3 is 10.3 Å². The van der Waals surface area contributed by atoms with Crippen LogP contribution in [0.3, 0.4) is 0 Å². The van der Waals surface area contributed by atoms with E-state index in [4.69, 9.17) is 5.26 Å². The van der Waals surface area contributed by atoms with Gasteiger partial charge in [-0.1, -0.05) is 12.1 Å². The Balaban J connectivity index is 1.69. The minimum Gasteiger partial charge on any atom is -0.361 e. The lowest BCUT2D eigenvalue weighted by Gasteiger charge is -2.27. The fourth-order valence-electron chi connectivity index (χ4n) is 3.81. The van der Waals surface area contributed by atoms with Crippen LogP contribution < -0.4 is 5.32 Å². The number of ketones is 1. The van der Waals surface area contributed by atoms with E-state index in [2.05, 4.69) is 16.4 Å². The highest BCUT2D eigenvalue weighted by atomic mass is 16.1. The predicted molar refractivity (Wildman–Crippen MR) is 97.4 cm³/mol. The van der Waals surface area contributed by atoms with Gasteiger partial charge in [0.2, 0.25) is 0 Å². The zero-order chi connectivity index (χ0) is 17.3. The fourth-order valence-corrected chi connectivity index (χ4v) is 3.81. The number of aromatic amines is 1. The van der Waals surface area contributed by atoms with Crippen LogP contribution in [0.5, 0.6) is 0 Å². The highest BCUT2D eigenvalue weighted by Gasteiger charge is 2.41. The topological polar surface area (TPSA) is 68.7 Å². The van der Waals surface area contributed by atoms with Crippen LogP contribution in [-0.2, 0) is 6.42 Å². The molecule has 0 amide bonds. The fraction of sp³-hybridized carbons (Fsp3) is 0.238. The van der Waals surface area contributed by atoms with Crippen molar-refractivity contribution in [3.8, 4) is 6.07 Å². The molecule has 1 aliphatic heterocycles. The number of benzene rings is 2. The molecule has 0 spiro atoms. The number of fused-ring (bicyclic) bond motifs is 1. The molecule has 0 radical (unpaired) electrons. The van der Waals surface area contributed by atoms with Gasteiger partial charge in [0.25, 0.3) is 0 Å². The van der Waals surface area contributed by atoms with Gasteiger partial charge in [0.05, 0.1) is 17.0 Å². The zero-order valence-corrected chi connectivity index (χ0v) is 13.9. The van der Waals surface area contributed by atoms with E-state index in [1.54, 1.807) is 6.07 Å². The normalized spacial score (nSPS) is 19.8. The van der Waals surface area contributed by atoms with Crippen LogP contribution in [0.25, 0.3) is 10.9 Å². The SMILES string of the molecule is N#Cc1cccc(CC2(C(=O)c3ccc4[nH]ccc4c3)CCNC2)c1. The maximum Gasteiger partial charge on any atom is 0.170 e. The van der Waals surface area contributed by atoms with Crippen molar-refractivity contribution < 1.29 is 4.79 Å². The summed E-state index contributed by atoms with van der Waals surface area (Å²) in [6.07, 6.45) is 3.35. The van der Waals surface area contributed by atoms with Crippen LogP contribution in [0.4, 0.5) is 0 Å². The van der Waals surface area contributed by atoms with Crippen molar-refractivity contribution in [2.24, 2.45) is 5.41 Å². The number of carbonyl (C=O) groups excluding carboxylic acids is 1. The number of nitriles is 1. The van der Waals surface area contributed by atoms with Gasteiger partial charge in [0.15, 0.2) is 5.78 Å². The molecule has 2 aromatic carbocycles. The average molecular weight is 329 g/mol. The Morgan fingerprint density at radius 3 is 2.92 bits per heavy atom. The lowest BCUT2D eigenvalue weighted by molar-refractivity contribution is 0.0816. The highest BCUT2D eigenvalue weighted by Crippen LogP contribution is 2.35. The first-order valence-electron chi connectivity index (χ1n) is 8.52. The Kier molecular flexibility index (Phi) is 3.87. The van der Waals surface area contributed by atoms with Crippen LogP contribution in [0.15, 0.2) is 54.7 Å². The largest absolute Gasteiger partial charge is 0.361 e. The summed E-state index contributed by atoms with van der Waals surface area (Å²) in [6.45, 7) is 1.52. The molecule has 1 fully saturated rings. The molecule has 124 valence electrons. The third-order valence-electron chi connectivity index (χ3n) is 5.14. The van der Waals surface area contributed by atoms with Crippen LogP contribution >= 0.6 is 0 Å². The minimum absolute atomic E-state index is 0.183. The maximum atomic E-state index is 13.4. The van der Waals surface area contributed by atoms with Gasteiger partial charge in [-0.15, -0.1) is 0 Å². The minimum atomic E-state index is -0.446. The molecule has 1 aliphatic rings. The van der Waals surface area contributed by atoms with Crippen molar-refractivity contribution in [1.29, 1.82) is 5.26 Å². The number of Topliss-reactive ketones (excluding diaryl/α,β-unsaturated/α-hetero) is 1. The number of nitrogens with one attached hydrogen (secondary N) is 2. The summed E-state index contributed by atoms with van der Waals surface area (Å²) in [5.41, 5.74) is 3.03. The van der Waals surface area contributed by atoms with Gasteiger partial charge in [0.1, 0.15) is 0 Å². The van der Waals surface area contributed by atoms with Gasteiger partial charge >= 0.3 is 0 Å². The number of carbonyl (C=O) groups is 1. The standard InChI is InChI=1S/C21H19N3O/c22-13-16-3-1-2-15(10-16)12-21(7-9-23-14-21)20(25)18-4-5-19-17(11-18)6-8-24-19/h1-6,8,10-11,23-24H,7,9,12,14H2. The number of hydrogen-bond donors (Lipinski definition) is 2. The molecule has 25 heavy (non-hydrogen) atoms. The van der Waals surface area contributed by atoms with Crippen molar-refractivity contribution in [2.75, 3.05) is 13.1 Å². The molecule has 1 unspecified atom stereocenters. The average Bonchev–Trinajstić information content (AvgIpc) is 3.30. The van der Waals surface area contributed by atoms with E-state index >= 15 is 0 Å².